The van der Waals surface area contributed by atoms with Crippen molar-refractivity contribution in [3.05, 3.63) is 63.9 Å². The topological polar surface area (TPSA) is 86.6 Å². The van der Waals surface area contributed by atoms with Gasteiger partial charge >= 0.3 is 5.97 Å². The van der Waals surface area contributed by atoms with Crippen molar-refractivity contribution in [2.45, 2.75) is 13.8 Å². The van der Waals surface area contributed by atoms with Crippen molar-refractivity contribution in [2.24, 2.45) is 0 Å². The second kappa shape index (κ2) is 8.19. The van der Waals surface area contributed by atoms with Crippen LogP contribution in [0.3, 0.4) is 0 Å². The lowest BCUT2D eigenvalue weighted by atomic mass is 10.1. The summed E-state index contributed by atoms with van der Waals surface area (Å²) in [4.78, 5) is 23.2. The van der Waals surface area contributed by atoms with Crippen LogP contribution in [0, 0.1) is 0 Å². The maximum absolute atomic E-state index is 12.0. The number of amides is 1. The van der Waals surface area contributed by atoms with Crippen molar-refractivity contribution < 1.29 is 19.8 Å². The number of carbonyl (C=O) groups excluding carboxylic acids is 1. The second-order valence-corrected chi connectivity index (χ2v) is 5.31. The number of hydrogen-bond donors (Lipinski definition) is 3. The van der Waals surface area contributed by atoms with Crippen molar-refractivity contribution in [1.82, 2.24) is 0 Å². The highest BCUT2D eigenvalue weighted by atomic mass is 79.9. The Labute approximate surface area is 136 Å². The summed E-state index contributed by atoms with van der Waals surface area (Å²) < 4.78 is 0.606. The van der Waals surface area contributed by atoms with E-state index in [1.807, 2.05) is 0 Å². The molecule has 1 aromatic carbocycles. The van der Waals surface area contributed by atoms with E-state index >= 15 is 0 Å². The van der Waals surface area contributed by atoms with E-state index in [9.17, 15) is 14.7 Å². The third-order valence-corrected chi connectivity index (χ3v) is 3.15. The third kappa shape index (κ3) is 5.21. The zero-order valence-corrected chi connectivity index (χ0v) is 13.7. The molecule has 0 aliphatic rings. The molecule has 22 heavy (non-hydrogen) atoms. The summed E-state index contributed by atoms with van der Waals surface area (Å²) in [5, 5.41) is 21.1. The molecule has 0 aliphatic carbocycles. The molecule has 0 aliphatic heterocycles. The van der Waals surface area contributed by atoms with Crippen LogP contribution < -0.4 is 5.32 Å². The fourth-order valence-corrected chi connectivity index (χ4v) is 1.90. The number of aliphatic hydroxyl groups excluding tert-OH is 1. The fourth-order valence-electron chi connectivity index (χ4n) is 1.54. The van der Waals surface area contributed by atoms with Crippen LogP contribution in [0.1, 0.15) is 24.2 Å². The molecule has 0 atom stereocenters. The van der Waals surface area contributed by atoms with Gasteiger partial charge in [-0.25, -0.2) is 4.79 Å². The minimum atomic E-state index is -1.14. The lowest BCUT2D eigenvalue weighted by Gasteiger charge is -2.09. The normalized spacial score (nSPS) is 12.5. The van der Waals surface area contributed by atoms with Crippen LogP contribution in [0.2, 0.25) is 0 Å². The van der Waals surface area contributed by atoms with Gasteiger partial charge in [-0.2, -0.15) is 0 Å². The Balaban J connectivity index is 2.96. The van der Waals surface area contributed by atoms with Gasteiger partial charge in [0.1, 0.15) is 5.76 Å². The minimum Gasteiger partial charge on any atom is -0.508 e. The zero-order valence-electron chi connectivity index (χ0n) is 12.1. The predicted molar refractivity (Wildman–Crippen MR) is 89.0 cm³/mol. The summed E-state index contributed by atoms with van der Waals surface area (Å²) in [6.07, 6.45) is 5.98. The molecule has 0 spiro atoms. The first-order valence-electron chi connectivity index (χ1n) is 6.39. The van der Waals surface area contributed by atoms with Crippen molar-refractivity contribution in [1.29, 1.82) is 0 Å². The molecule has 0 radical (unpaired) electrons. The van der Waals surface area contributed by atoms with E-state index in [0.717, 1.165) is 0 Å². The lowest BCUT2D eigenvalue weighted by Crippen LogP contribution is -2.15. The maximum atomic E-state index is 12.0. The molecule has 0 bridgehead atoms. The van der Waals surface area contributed by atoms with E-state index in [4.69, 9.17) is 5.11 Å². The highest BCUT2D eigenvalue weighted by Gasteiger charge is 2.13. The Morgan fingerprint density at radius 1 is 1.23 bits per heavy atom. The molecule has 0 unspecified atom stereocenters. The number of carboxylic acid groups (broad SMARTS) is 1. The van der Waals surface area contributed by atoms with Crippen LogP contribution in [0.15, 0.2) is 58.3 Å². The molecule has 1 rings (SSSR count). The number of carbonyl (C=O) groups is 2. The Hall–Kier alpha value is -2.34. The summed E-state index contributed by atoms with van der Waals surface area (Å²) in [7, 11) is 0. The van der Waals surface area contributed by atoms with Gasteiger partial charge in [-0.05, 0) is 44.2 Å². The van der Waals surface area contributed by atoms with Crippen LogP contribution in [-0.2, 0) is 4.79 Å². The van der Waals surface area contributed by atoms with E-state index in [-0.39, 0.29) is 17.0 Å². The fraction of sp³-hybridized carbons (Fsp3) is 0.125. The van der Waals surface area contributed by atoms with Gasteiger partial charge < -0.3 is 15.5 Å². The van der Waals surface area contributed by atoms with Gasteiger partial charge in [0, 0.05) is 10.0 Å². The summed E-state index contributed by atoms with van der Waals surface area (Å²) in [5.41, 5.74) is 0.522. The number of aromatic carboxylic acids is 1. The lowest BCUT2D eigenvalue weighted by molar-refractivity contribution is -0.112. The van der Waals surface area contributed by atoms with E-state index in [0.29, 0.717) is 10.0 Å². The van der Waals surface area contributed by atoms with Crippen LogP contribution >= 0.6 is 15.9 Å². The van der Waals surface area contributed by atoms with Gasteiger partial charge in [0.2, 0.25) is 0 Å². The van der Waals surface area contributed by atoms with Gasteiger partial charge in [0.05, 0.1) is 11.3 Å². The van der Waals surface area contributed by atoms with Gasteiger partial charge in [-0.15, -0.1) is 0 Å². The number of rotatable bonds is 5. The molecule has 0 fully saturated rings. The first-order valence-corrected chi connectivity index (χ1v) is 7.19. The van der Waals surface area contributed by atoms with Crippen molar-refractivity contribution >= 4 is 33.5 Å². The Morgan fingerprint density at radius 3 is 2.50 bits per heavy atom. The largest absolute Gasteiger partial charge is 0.508 e. The number of benzene rings is 1. The van der Waals surface area contributed by atoms with E-state index in [1.165, 1.54) is 30.4 Å². The van der Waals surface area contributed by atoms with Crippen LogP contribution in [0.25, 0.3) is 0 Å². The van der Waals surface area contributed by atoms with Crippen molar-refractivity contribution in [3.63, 3.8) is 0 Å². The molecule has 6 heteroatoms. The molecule has 116 valence electrons. The second-order valence-electron chi connectivity index (χ2n) is 4.39. The highest BCUT2D eigenvalue weighted by Crippen LogP contribution is 2.21. The molecule has 0 heterocycles. The SMILES string of the molecule is C\C=C/C(O)=C\C=C(/C)C(=O)Nc1ccc(Br)cc1C(=O)O. The Bertz CT molecular complexity index is 675. The molecular weight excluding hydrogens is 350 g/mol. The number of nitrogens with one attached hydrogen (secondary N) is 1. The first kappa shape index (κ1) is 17.7. The summed E-state index contributed by atoms with van der Waals surface area (Å²) in [6.45, 7) is 3.32. The number of aliphatic hydroxyl groups is 1. The highest BCUT2D eigenvalue weighted by molar-refractivity contribution is 9.10. The number of halogens is 1. The average molecular weight is 366 g/mol. The van der Waals surface area contributed by atoms with E-state index in [2.05, 4.69) is 21.2 Å². The molecule has 3 N–H and O–H groups in total. The number of carboxylic acids is 1. The van der Waals surface area contributed by atoms with Gasteiger partial charge in [0.25, 0.3) is 5.91 Å². The Morgan fingerprint density at radius 2 is 1.91 bits per heavy atom. The standard InChI is InChI=1S/C16H16BrNO4/c1-3-4-12(19)7-5-10(2)15(20)18-14-8-6-11(17)9-13(14)16(21)22/h3-9,19H,1-2H3,(H,18,20)(H,21,22)/b4-3-,10-5+,12-7+. The van der Waals surface area contributed by atoms with Gasteiger partial charge in [-0.1, -0.05) is 28.1 Å². The van der Waals surface area contributed by atoms with E-state index < -0.39 is 11.9 Å². The molecule has 0 saturated heterocycles. The van der Waals surface area contributed by atoms with Gasteiger partial charge in [0.15, 0.2) is 0 Å². The smallest absolute Gasteiger partial charge is 0.337 e. The third-order valence-electron chi connectivity index (χ3n) is 2.66. The number of allylic oxidation sites excluding steroid dienone is 4. The summed E-state index contributed by atoms with van der Waals surface area (Å²) in [5.74, 6) is -1.57. The molecular formula is C16H16BrNO4. The minimum absolute atomic E-state index is 0.0113. The van der Waals surface area contributed by atoms with E-state index in [1.54, 1.807) is 26.0 Å². The molecule has 5 nitrogen and oxygen atoms in total. The van der Waals surface area contributed by atoms with Crippen molar-refractivity contribution in [2.75, 3.05) is 5.32 Å². The number of anilines is 1. The summed E-state index contributed by atoms with van der Waals surface area (Å²) >= 11 is 3.19. The number of hydrogen-bond acceptors (Lipinski definition) is 3. The first-order chi connectivity index (χ1) is 10.3. The van der Waals surface area contributed by atoms with Crippen molar-refractivity contribution in [3.8, 4) is 0 Å². The van der Waals surface area contributed by atoms with Crippen LogP contribution in [0.4, 0.5) is 5.69 Å². The average Bonchev–Trinajstić information content (AvgIpc) is 2.46. The molecule has 1 aromatic rings. The predicted octanol–water partition coefficient (Wildman–Crippen LogP) is 4.05. The van der Waals surface area contributed by atoms with Gasteiger partial charge in [-0.3, -0.25) is 4.79 Å². The summed E-state index contributed by atoms with van der Waals surface area (Å²) in [6, 6.07) is 4.56. The van der Waals surface area contributed by atoms with Crippen LogP contribution in [-0.4, -0.2) is 22.1 Å². The zero-order chi connectivity index (χ0) is 16.7. The quantitative estimate of drug-likeness (QED) is 0.417. The molecule has 0 saturated carbocycles. The maximum Gasteiger partial charge on any atom is 0.337 e. The van der Waals surface area contributed by atoms with Crippen LogP contribution in [0.5, 0.6) is 0 Å². The monoisotopic (exact) mass is 365 g/mol. The molecule has 1 amide bonds. The molecule has 0 aromatic heterocycles. The Kier molecular flexibility index (Phi) is 6.59.